The summed E-state index contributed by atoms with van der Waals surface area (Å²) in [5.74, 6) is 1.55. The molecule has 3 aromatic carbocycles. The molecule has 0 bridgehead atoms. The zero-order chi connectivity index (χ0) is 21.8. The van der Waals surface area contributed by atoms with Crippen molar-refractivity contribution in [3.05, 3.63) is 82.7 Å². The third kappa shape index (κ3) is 4.33. The smallest absolute Gasteiger partial charge is 0.344 e. The zero-order valence-corrected chi connectivity index (χ0v) is 18.1. The van der Waals surface area contributed by atoms with E-state index in [4.69, 9.17) is 13.9 Å². The van der Waals surface area contributed by atoms with Gasteiger partial charge in [0.05, 0.1) is 19.3 Å². The van der Waals surface area contributed by atoms with E-state index in [2.05, 4.69) is 6.92 Å². The molecule has 0 saturated heterocycles. The Bertz CT molecular complexity index is 1240. The molecule has 0 fully saturated rings. The summed E-state index contributed by atoms with van der Waals surface area (Å²) in [6.45, 7) is 4.74. The Kier molecular flexibility index (Phi) is 6.08. The summed E-state index contributed by atoms with van der Waals surface area (Å²) in [6.07, 6.45) is 2.06. The molecule has 4 aromatic rings. The van der Waals surface area contributed by atoms with Gasteiger partial charge < -0.3 is 13.9 Å². The van der Waals surface area contributed by atoms with Gasteiger partial charge in [0.2, 0.25) is 0 Å². The van der Waals surface area contributed by atoms with Gasteiger partial charge in [-0.05, 0) is 59.9 Å². The summed E-state index contributed by atoms with van der Waals surface area (Å²) < 4.78 is 16.6. The van der Waals surface area contributed by atoms with E-state index in [0.29, 0.717) is 17.8 Å². The van der Waals surface area contributed by atoms with Gasteiger partial charge in [-0.25, -0.2) is 4.79 Å². The molecule has 4 nitrogen and oxygen atoms in total. The summed E-state index contributed by atoms with van der Waals surface area (Å²) in [6, 6.07) is 21.6. The number of benzene rings is 3. The summed E-state index contributed by atoms with van der Waals surface area (Å²) >= 11 is 0. The van der Waals surface area contributed by atoms with Crippen LogP contribution in [-0.2, 0) is 0 Å². The molecule has 0 aliphatic heterocycles. The van der Waals surface area contributed by atoms with Crippen molar-refractivity contribution >= 4 is 11.0 Å². The highest BCUT2D eigenvalue weighted by Crippen LogP contribution is 2.31. The quantitative estimate of drug-likeness (QED) is 0.252. The highest BCUT2D eigenvalue weighted by Gasteiger charge is 2.14. The normalized spacial score (nSPS) is 10.9. The number of ether oxygens (including phenoxy) is 2. The SMILES string of the molecule is CCCCOc1ccc2c(C)c(-c3ccc(-c4ccc(OC)cc4)cc3)c(=O)oc2c1. The maximum atomic E-state index is 12.8. The molecule has 0 radical (unpaired) electrons. The van der Waals surface area contributed by atoms with Gasteiger partial charge in [0, 0.05) is 11.5 Å². The molecule has 0 spiro atoms. The van der Waals surface area contributed by atoms with Gasteiger partial charge in [0.25, 0.3) is 0 Å². The van der Waals surface area contributed by atoms with Crippen LogP contribution in [0.25, 0.3) is 33.2 Å². The second-order valence-corrected chi connectivity index (χ2v) is 7.56. The minimum atomic E-state index is -0.340. The lowest BCUT2D eigenvalue weighted by Gasteiger charge is -2.11. The highest BCUT2D eigenvalue weighted by atomic mass is 16.5. The summed E-state index contributed by atoms with van der Waals surface area (Å²) in [7, 11) is 1.65. The van der Waals surface area contributed by atoms with E-state index in [9.17, 15) is 4.79 Å². The Hall–Kier alpha value is -3.53. The fraction of sp³-hybridized carbons (Fsp3) is 0.222. The van der Waals surface area contributed by atoms with E-state index < -0.39 is 0 Å². The van der Waals surface area contributed by atoms with Crippen LogP contribution in [0.3, 0.4) is 0 Å². The van der Waals surface area contributed by atoms with Crippen LogP contribution >= 0.6 is 0 Å². The van der Waals surface area contributed by atoms with Crippen molar-refractivity contribution in [3.8, 4) is 33.8 Å². The van der Waals surface area contributed by atoms with Crippen LogP contribution in [0.2, 0.25) is 0 Å². The molecule has 31 heavy (non-hydrogen) atoms. The number of hydrogen-bond donors (Lipinski definition) is 0. The summed E-state index contributed by atoms with van der Waals surface area (Å²) in [5, 5.41) is 0.914. The third-order valence-corrected chi connectivity index (χ3v) is 5.50. The van der Waals surface area contributed by atoms with E-state index in [1.807, 2.05) is 67.6 Å². The molecule has 0 atom stereocenters. The Morgan fingerprint density at radius 3 is 2.10 bits per heavy atom. The molecular formula is C27H26O4. The first kappa shape index (κ1) is 20.7. The van der Waals surface area contributed by atoms with Crippen molar-refractivity contribution in [2.75, 3.05) is 13.7 Å². The molecule has 4 rings (SSSR count). The fourth-order valence-electron chi connectivity index (χ4n) is 3.71. The first-order chi connectivity index (χ1) is 15.1. The standard InChI is InChI=1S/C27H26O4/c1-4-5-16-30-23-14-15-24-18(2)26(27(28)31-25(24)17-23)21-8-6-19(7-9-21)20-10-12-22(29-3)13-11-20/h6-15,17H,4-5,16H2,1-3H3. The summed E-state index contributed by atoms with van der Waals surface area (Å²) in [5.41, 5.74) is 4.71. The van der Waals surface area contributed by atoms with Crippen LogP contribution in [0.4, 0.5) is 0 Å². The lowest BCUT2D eigenvalue weighted by molar-refractivity contribution is 0.309. The monoisotopic (exact) mass is 414 g/mol. The number of unbranched alkanes of at least 4 members (excludes halogenated alkanes) is 1. The largest absolute Gasteiger partial charge is 0.497 e. The van der Waals surface area contributed by atoms with Gasteiger partial charge in [-0.15, -0.1) is 0 Å². The Morgan fingerprint density at radius 2 is 1.45 bits per heavy atom. The molecule has 158 valence electrons. The first-order valence-corrected chi connectivity index (χ1v) is 10.6. The Morgan fingerprint density at radius 1 is 0.839 bits per heavy atom. The Balaban J connectivity index is 1.67. The minimum absolute atomic E-state index is 0.340. The molecule has 4 heteroatoms. The van der Waals surface area contributed by atoms with E-state index in [0.717, 1.165) is 52.0 Å². The van der Waals surface area contributed by atoms with E-state index >= 15 is 0 Å². The molecule has 0 N–H and O–H groups in total. The maximum absolute atomic E-state index is 12.8. The predicted octanol–water partition coefficient (Wildman–Crippen LogP) is 6.62. The third-order valence-electron chi connectivity index (χ3n) is 5.50. The molecular weight excluding hydrogens is 388 g/mol. The van der Waals surface area contributed by atoms with Crippen molar-refractivity contribution in [2.24, 2.45) is 0 Å². The van der Waals surface area contributed by atoms with Gasteiger partial charge in [0.1, 0.15) is 17.1 Å². The van der Waals surface area contributed by atoms with Crippen LogP contribution in [0.1, 0.15) is 25.3 Å². The topological polar surface area (TPSA) is 48.7 Å². The molecule has 0 saturated carbocycles. The molecule has 1 aromatic heterocycles. The molecule has 1 heterocycles. The van der Waals surface area contributed by atoms with Crippen molar-refractivity contribution in [3.63, 3.8) is 0 Å². The first-order valence-electron chi connectivity index (χ1n) is 10.6. The summed E-state index contributed by atoms with van der Waals surface area (Å²) in [4.78, 5) is 12.8. The lowest BCUT2D eigenvalue weighted by atomic mass is 9.97. The molecule has 0 aliphatic carbocycles. The van der Waals surface area contributed by atoms with Crippen LogP contribution < -0.4 is 15.1 Å². The highest BCUT2D eigenvalue weighted by molar-refractivity contribution is 5.87. The molecule has 0 aliphatic rings. The van der Waals surface area contributed by atoms with E-state index in [-0.39, 0.29) is 5.63 Å². The number of methoxy groups -OCH3 is 1. The van der Waals surface area contributed by atoms with Crippen LogP contribution in [-0.4, -0.2) is 13.7 Å². The van der Waals surface area contributed by atoms with Gasteiger partial charge in [-0.2, -0.15) is 0 Å². The van der Waals surface area contributed by atoms with Crippen LogP contribution in [0.5, 0.6) is 11.5 Å². The predicted molar refractivity (Wildman–Crippen MR) is 125 cm³/mol. The fourth-order valence-corrected chi connectivity index (χ4v) is 3.71. The van der Waals surface area contributed by atoms with Gasteiger partial charge in [-0.3, -0.25) is 0 Å². The van der Waals surface area contributed by atoms with Gasteiger partial charge >= 0.3 is 5.63 Å². The molecule has 0 unspecified atom stereocenters. The number of fused-ring (bicyclic) bond motifs is 1. The van der Waals surface area contributed by atoms with Crippen molar-refractivity contribution < 1.29 is 13.9 Å². The minimum Gasteiger partial charge on any atom is -0.497 e. The van der Waals surface area contributed by atoms with Crippen molar-refractivity contribution in [1.29, 1.82) is 0 Å². The van der Waals surface area contributed by atoms with E-state index in [1.54, 1.807) is 13.2 Å². The second-order valence-electron chi connectivity index (χ2n) is 7.56. The average Bonchev–Trinajstić information content (AvgIpc) is 2.79. The van der Waals surface area contributed by atoms with Crippen molar-refractivity contribution in [2.45, 2.75) is 26.7 Å². The van der Waals surface area contributed by atoms with Crippen LogP contribution in [0, 0.1) is 6.92 Å². The zero-order valence-electron chi connectivity index (χ0n) is 18.1. The van der Waals surface area contributed by atoms with Crippen molar-refractivity contribution in [1.82, 2.24) is 0 Å². The average molecular weight is 415 g/mol. The second kappa shape index (κ2) is 9.09. The van der Waals surface area contributed by atoms with Gasteiger partial charge in [-0.1, -0.05) is 49.7 Å². The van der Waals surface area contributed by atoms with E-state index in [1.165, 1.54) is 0 Å². The maximum Gasteiger partial charge on any atom is 0.344 e. The Labute approximate surface area is 182 Å². The number of aryl methyl sites for hydroxylation is 1. The van der Waals surface area contributed by atoms with Crippen LogP contribution in [0.15, 0.2) is 75.9 Å². The number of rotatable bonds is 7. The lowest BCUT2D eigenvalue weighted by Crippen LogP contribution is -2.06. The molecule has 0 amide bonds. The number of hydrogen-bond acceptors (Lipinski definition) is 4. The van der Waals surface area contributed by atoms with Gasteiger partial charge in [0.15, 0.2) is 0 Å².